The van der Waals surface area contributed by atoms with Crippen molar-refractivity contribution in [2.75, 3.05) is 0 Å². The summed E-state index contributed by atoms with van der Waals surface area (Å²) in [5.74, 6) is 0. The minimum absolute atomic E-state index is 0.0735. The fourth-order valence-corrected chi connectivity index (χ4v) is 2.32. The van der Waals surface area contributed by atoms with E-state index in [0.29, 0.717) is 6.54 Å². The molecule has 1 N–H and O–H groups in total. The molecular weight excluding hydrogens is 268 g/mol. The first kappa shape index (κ1) is 15.6. The van der Waals surface area contributed by atoms with Crippen LogP contribution in [0.1, 0.15) is 48.1 Å². The average molecular weight is 289 g/mol. The van der Waals surface area contributed by atoms with Crippen LogP contribution in [0.15, 0.2) is 48.5 Å². The van der Waals surface area contributed by atoms with Crippen LogP contribution >= 0.6 is 0 Å². The number of rotatable bonds is 6. The first-order valence-electron chi connectivity index (χ1n) is 7.27. The van der Waals surface area contributed by atoms with Gasteiger partial charge < -0.3 is 5.32 Å². The second-order valence-corrected chi connectivity index (χ2v) is 5.29. The number of hydrogen-bond donors (Lipinski definition) is 1. The van der Waals surface area contributed by atoms with Crippen molar-refractivity contribution in [2.24, 2.45) is 0 Å². The van der Waals surface area contributed by atoms with E-state index in [0.717, 1.165) is 12.0 Å². The van der Waals surface area contributed by atoms with Gasteiger partial charge in [-0.1, -0.05) is 61.0 Å². The monoisotopic (exact) mass is 289 g/mol. The molecule has 0 amide bonds. The molecule has 2 aromatic carbocycles. The van der Waals surface area contributed by atoms with Gasteiger partial charge in [-0.3, -0.25) is 0 Å². The van der Waals surface area contributed by atoms with E-state index in [1.54, 1.807) is 12.1 Å². The van der Waals surface area contributed by atoms with Crippen LogP contribution in [0.5, 0.6) is 0 Å². The SMILES string of the molecule is CCC(NCc1ccc(C(F)F)cc1)c1ccc(C)cc1. The zero-order chi connectivity index (χ0) is 15.2. The summed E-state index contributed by atoms with van der Waals surface area (Å²) in [5.41, 5.74) is 3.60. The van der Waals surface area contributed by atoms with Crippen molar-refractivity contribution in [1.29, 1.82) is 0 Å². The Kier molecular flexibility index (Phi) is 5.45. The summed E-state index contributed by atoms with van der Waals surface area (Å²) in [7, 11) is 0. The maximum absolute atomic E-state index is 12.5. The molecule has 0 saturated carbocycles. The Morgan fingerprint density at radius 1 is 0.905 bits per heavy atom. The summed E-state index contributed by atoms with van der Waals surface area (Å²) < 4.78 is 25.0. The van der Waals surface area contributed by atoms with Crippen molar-refractivity contribution in [2.45, 2.75) is 39.3 Å². The lowest BCUT2D eigenvalue weighted by atomic mass is 10.0. The van der Waals surface area contributed by atoms with Gasteiger partial charge in [-0.05, 0) is 24.5 Å². The molecular formula is C18H21F2N. The summed E-state index contributed by atoms with van der Waals surface area (Å²) in [6.45, 7) is 4.88. The zero-order valence-electron chi connectivity index (χ0n) is 12.4. The number of halogens is 2. The van der Waals surface area contributed by atoms with Crippen LogP contribution in [0.25, 0.3) is 0 Å². The molecule has 0 aromatic heterocycles. The molecule has 0 spiro atoms. The predicted molar refractivity (Wildman–Crippen MR) is 82.4 cm³/mol. The van der Waals surface area contributed by atoms with E-state index in [9.17, 15) is 8.78 Å². The molecule has 0 bridgehead atoms. The van der Waals surface area contributed by atoms with Gasteiger partial charge in [-0.15, -0.1) is 0 Å². The van der Waals surface area contributed by atoms with Gasteiger partial charge in [-0.25, -0.2) is 8.78 Å². The van der Waals surface area contributed by atoms with Crippen molar-refractivity contribution < 1.29 is 8.78 Å². The summed E-state index contributed by atoms with van der Waals surface area (Å²) in [6, 6.07) is 15.3. The lowest BCUT2D eigenvalue weighted by molar-refractivity contribution is 0.151. The highest BCUT2D eigenvalue weighted by Crippen LogP contribution is 2.20. The minimum Gasteiger partial charge on any atom is -0.306 e. The van der Waals surface area contributed by atoms with Crippen LogP contribution in [0, 0.1) is 6.92 Å². The van der Waals surface area contributed by atoms with Crippen molar-refractivity contribution in [3.8, 4) is 0 Å². The highest BCUT2D eigenvalue weighted by Gasteiger charge is 2.09. The summed E-state index contributed by atoms with van der Waals surface area (Å²) in [5, 5.41) is 3.48. The van der Waals surface area contributed by atoms with Gasteiger partial charge in [0.25, 0.3) is 6.43 Å². The van der Waals surface area contributed by atoms with Crippen LogP contribution < -0.4 is 5.32 Å². The van der Waals surface area contributed by atoms with Gasteiger partial charge in [0.1, 0.15) is 0 Å². The van der Waals surface area contributed by atoms with E-state index in [1.165, 1.54) is 23.3 Å². The van der Waals surface area contributed by atoms with E-state index in [2.05, 4.69) is 43.4 Å². The van der Waals surface area contributed by atoms with E-state index in [1.807, 2.05) is 0 Å². The smallest absolute Gasteiger partial charge is 0.263 e. The molecule has 1 unspecified atom stereocenters. The Balaban J connectivity index is 1.98. The van der Waals surface area contributed by atoms with Gasteiger partial charge in [0.2, 0.25) is 0 Å². The Labute approximate surface area is 125 Å². The summed E-state index contributed by atoms with van der Waals surface area (Å²) in [4.78, 5) is 0. The first-order chi connectivity index (χ1) is 10.1. The van der Waals surface area contributed by atoms with Gasteiger partial charge in [0, 0.05) is 18.2 Å². The van der Waals surface area contributed by atoms with Crippen molar-refractivity contribution in [3.05, 3.63) is 70.8 Å². The molecule has 21 heavy (non-hydrogen) atoms. The molecule has 1 atom stereocenters. The molecule has 2 aromatic rings. The Bertz CT molecular complexity index is 546. The van der Waals surface area contributed by atoms with Gasteiger partial charge in [0.05, 0.1) is 0 Å². The number of aryl methyl sites for hydroxylation is 1. The normalized spacial score (nSPS) is 12.6. The molecule has 1 nitrogen and oxygen atoms in total. The molecule has 0 aliphatic heterocycles. The topological polar surface area (TPSA) is 12.0 Å². The molecule has 112 valence electrons. The Morgan fingerprint density at radius 3 is 2.00 bits per heavy atom. The zero-order valence-corrected chi connectivity index (χ0v) is 12.4. The van der Waals surface area contributed by atoms with Crippen molar-refractivity contribution in [3.63, 3.8) is 0 Å². The van der Waals surface area contributed by atoms with E-state index in [4.69, 9.17) is 0 Å². The highest BCUT2D eigenvalue weighted by molar-refractivity contribution is 5.25. The molecule has 0 saturated heterocycles. The maximum Gasteiger partial charge on any atom is 0.263 e. The molecule has 0 heterocycles. The molecule has 0 aliphatic rings. The molecule has 0 fully saturated rings. The lowest BCUT2D eigenvalue weighted by Gasteiger charge is -2.18. The van der Waals surface area contributed by atoms with Crippen molar-refractivity contribution >= 4 is 0 Å². The maximum atomic E-state index is 12.5. The van der Waals surface area contributed by atoms with Crippen LogP contribution in [0.3, 0.4) is 0 Å². The molecule has 3 heteroatoms. The molecule has 2 rings (SSSR count). The van der Waals surface area contributed by atoms with Crippen LogP contribution in [0.4, 0.5) is 8.78 Å². The van der Waals surface area contributed by atoms with Gasteiger partial charge in [-0.2, -0.15) is 0 Å². The largest absolute Gasteiger partial charge is 0.306 e. The third-order valence-corrected chi connectivity index (χ3v) is 3.67. The van der Waals surface area contributed by atoms with E-state index < -0.39 is 6.43 Å². The van der Waals surface area contributed by atoms with E-state index >= 15 is 0 Å². The summed E-state index contributed by atoms with van der Waals surface area (Å²) >= 11 is 0. The second-order valence-electron chi connectivity index (χ2n) is 5.29. The third-order valence-electron chi connectivity index (χ3n) is 3.67. The van der Waals surface area contributed by atoms with Crippen molar-refractivity contribution in [1.82, 2.24) is 5.32 Å². The van der Waals surface area contributed by atoms with E-state index in [-0.39, 0.29) is 11.6 Å². The Hall–Kier alpha value is -1.74. The quantitative estimate of drug-likeness (QED) is 0.773. The fourth-order valence-electron chi connectivity index (χ4n) is 2.32. The number of hydrogen-bond acceptors (Lipinski definition) is 1. The molecule has 0 aliphatic carbocycles. The lowest BCUT2D eigenvalue weighted by Crippen LogP contribution is -2.20. The fraction of sp³-hybridized carbons (Fsp3) is 0.333. The number of alkyl halides is 2. The Morgan fingerprint density at radius 2 is 1.48 bits per heavy atom. The number of nitrogens with one attached hydrogen (secondary N) is 1. The van der Waals surface area contributed by atoms with Crippen LogP contribution in [0.2, 0.25) is 0 Å². The molecule has 0 radical (unpaired) electrons. The highest BCUT2D eigenvalue weighted by atomic mass is 19.3. The van der Waals surface area contributed by atoms with Gasteiger partial charge >= 0.3 is 0 Å². The number of benzene rings is 2. The van der Waals surface area contributed by atoms with Crippen LogP contribution in [-0.2, 0) is 6.54 Å². The van der Waals surface area contributed by atoms with Crippen LogP contribution in [-0.4, -0.2) is 0 Å². The second kappa shape index (κ2) is 7.32. The predicted octanol–water partition coefficient (Wildman–Crippen LogP) is 5.17. The minimum atomic E-state index is -2.40. The standard InChI is InChI=1S/C18H21F2N/c1-3-17(15-8-4-13(2)5-9-15)21-12-14-6-10-16(11-7-14)18(19)20/h4-11,17-18,21H,3,12H2,1-2H3. The van der Waals surface area contributed by atoms with Gasteiger partial charge in [0.15, 0.2) is 0 Å². The third kappa shape index (κ3) is 4.36. The summed E-state index contributed by atoms with van der Waals surface area (Å²) in [6.07, 6.45) is -1.42. The average Bonchev–Trinajstić information content (AvgIpc) is 2.50. The first-order valence-corrected chi connectivity index (χ1v) is 7.27.